The van der Waals surface area contributed by atoms with Crippen LogP contribution in [0.4, 0.5) is 0 Å². The lowest BCUT2D eigenvalue weighted by Gasteiger charge is -2.40. The summed E-state index contributed by atoms with van der Waals surface area (Å²) in [6.07, 6.45) is 2.80. The molecule has 0 heterocycles. The summed E-state index contributed by atoms with van der Waals surface area (Å²) in [4.78, 5) is 12.9. The smallest absolute Gasteiger partial charge is 0.230 e. The molecule has 0 atom stereocenters. The van der Waals surface area contributed by atoms with E-state index in [1.54, 1.807) is 14.2 Å². The molecule has 1 fully saturated rings. The van der Waals surface area contributed by atoms with Crippen molar-refractivity contribution >= 4 is 17.5 Å². The second-order valence-corrected chi connectivity index (χ2v) is 6.75. The van der Waals surface area contributed by atoms with Crippen molar-refractivity contribution in [1.29, 1.82) is 0 Å². The highest BCUT2D eigenvalue weighted by Crippen LogP contribution is 2.44. The van der Waals surface area contributed by atoms with E-state index >= 15 is 0 Å². The van der Waals surface area contributed by atoms with E-state index in [9.17, 15) is 4.79 Å². The van der Waals surface area contributed by atoms with Crippen molar-refractivity contribution in [1.82, 2.24) is 5.32 Å². The molecule has 1 aliphatic carbocycles. The summed E-state index contributed by atoms with van der Waals surface area (Å²) < 4.78 is 10.6. The van der Waals surface area contributed by atoms with E-state index in [0.717, 1.165) is 30.4 Å². The van der Waals surface area contributed by atoms with E-state index in [1.807, 2.05) is 42.5 Å². The first-order chi connectivity index (χ1) is 12.1. The Morgan fingerprint density at radius 3 is 2.32 bits per heavy atom. The summed E-state index contributed by atoms with van der Waals surface area (Å²) in [6.45, 7) is 0.453. The van der Waals surface area contributed by atoms with E-state index in [-0.39, 0.29) is 5.91 Å². The van der Waals surface area contributed by atoms with E-state index in [4.69, 9.17) is 21.1 Å². The van der Waals surface area contributed by atoms with Gasteiger partial charge in [-0.15, -0.1) is 0 Å². The summed E-state index contributed by atoms with van der Waals surface area (Å²) in [5.74, 6) is 1.40. The quantitative estimate of drug-likeness (QED) is 0.844. The normalized spacial score (nSPS) is 15.2. The molecular weight excluding hydrogens is 338 g/mol. The molecule has 1 amide bonds. The lowest BCUT2D eigenvalue weighted by Crippen LogP contribution is -2.48. The molecule has 1 N–H and O–H groups in total. The van der Waals surface area contributed by atoms with E-state index in [0.29, 0.717) is 23.1 Å². The Labute approximate surface area is 153 Å². The van der Waals surface area contributed by atoms with Crippen LogP contribution >= 0.6 is 11.6 Å². The van der Waals surface area contributed by atoms with E-state index in [2.05, 4.69) is 5.32 Å². The largest absolute Gasteiger partial charge is 0.493 e. The number of hydrogen-bond donors (Lipinski definition) is 1. The molecule has 4 nitrogen and oxygen atoms in total. The van der Waals surface area contributed by atoms with Crippen molar-refractivity contribution < 1.29 is 14.3 Å². The van der Waals surface area contributed by atoms with Gasteiger partial charge < -0.3 is 14.8 Å². The number of rotatable bonds is 6. The fourth-order valence-corrected chi connectivity index (χ4v) is 3.41. The van der Waals surface area contributed by atoms with Crippen LogP contribution in [0.25, 0.3) is 0 Å². The van der Waals surface area contributed by atoms with Gasteiger partial charge in [-0.25, -0.2) is 0 Å². The third-order valence-electron chi connectivity index (χ3n) is 4.94. The second kappa shape index (κ2) is 7.36. The van der Waals surface area contributed by atoms with Gasteiger partial charge in [-0.2, -0.15) is 0 Å². The number of ether oxygens (including phenoxy) is 2. The zero-order chi connectivity index (χ0) is 17.9. The fraction of sp³-hybridized carbons (Fsp3) is 0.350. The molecule has 25 heavy (non-hydrogen) atoms. The highest BCUT2D eigenvalue weighted by molar-refractivity contribution is 6.30. The summed E-state index contributed by atoms with van der Waals surface area (Å²) in [7, 11) is 3.20. The minimum Gasteiger partial charge on any atom is -0.493 e. The highest BCUT2D eigenvalue weighted by atomic mass is 35.5. The number of amides is 1. The van der Waals surface area contributed by atoms with Crippen LogP contribution in [0, 0.1) is 0 Å². The lowest BCUT2D eigenvalue weighted by atomic mass is 9.64. The molecule has 3 rings (SSSR count). The summed E-state index contributed by atoms with van der Waals surface area (Å²) in [5.41, 5.74) is 1.57. The van der Waals surface area contributed by atoms with Crippen LogP contribution in [0.5, 0.6) is 11.5 Å². The Bertz CT molecular complexity index is 754. The number of benzene rings is 2. The minimum absolute atomic E-state index is 0.0656. The van der Waals surface area contributed by atoms with Gasteiger partial charge in [-0.05, 0) is 48.2 Å². The van der Waals surface area contributed by atoms with Gasteiger partial charge in [0, 0.05) is 11.6 Å². The average Bonchev–Trinajstić information content (AvgIpc) is 2.60. The Morgan fingerprint density at radius 1 is 1.08 bits per heavy atom. The molecular formula is C20H22ClNO3. The fourth-order valence-electron chi connectivity index (χ4n) is 3.29. The highest BCUT2D eigenvalue weighted by Gasteiger charge is 2.45. The molecule has 0 spiro atoms. The Hall–Kier alpha value is -2.20. The predicted octanol–water partition coefficient (Wildman–Crippen LogP) is 4.10. The van der Waals surface area contributed by atoms with Crippen LogP contribution in [0.1, 0.15) is 30.4 Å². The van der Waals surface area contributed by atoms with Gasteiger partial charge in [0.1, 0.15) is 0 Å². The molecule has 0 bridgehead atoms. The zero-order valence-corrected chi connectivity index (χ0v) is 15.2. The second-order valence-electron chi connectivity index (χ2n) is 6.31. The van der Waals surface area contributed by atoms with Crippen LogP contribution < -0.4 is 14.8 Å². The van der Waals surface area contributed by atoms with Gasteiger partial charge in [-0.1, -0.05) is 36.2 Å². The molecule has 1 saturated carbocycles. The third kappa shape index (κ3) is 3.45. The number of carbonyl (C=O) groups excluding carboxylic acids is 1. The lowest BCUT2D eigenvalue weighted by molar-refractivity contribution is -0.130. The van der Waals surface area contributed by atoms with Crippen molar-refractivity contribution in [2.24, 2.45) is 0 Å². The number of methoxy groups -OCH3 is 2. The number of halogens is 1. The van der Waals surface area contributed by atoms with Crippen LogP contribution in [0.3, 0.4) is 0 Å². The van der Waals surface area contributed by atoms with Gasteiger partial charge >= 0.3 is 0 Å². The third-order valence-corrected chi connectivity index (χ3v) is 5.19. The molecule has 132 valence electrons. The maximum absolute atomic E-state index is 12.9. The van der Waals surface area contributed by atoms with Crippen molar-refractivity contribution in [3.05, 3.63) is 58.6 Å². The molecule has 2 aromatic carbocycles. The van der Waals surface area contributed by atoms with Gasteiger partial charge in [0.05, 0.1) is 19.6 Å². The first-order valence-corrected chi connectivity index (χ1v) is 8.72. The monoisotopic (exact) mass is 359 g/mol. The van der Waals surface area contributed by atoms with Crippen LogP contribution in [-0.2, 0) is 16.8 Å². The van der Waals surface area contributed by atoms with Gasteiger partial charge in [0.25, 0.3) is 0 Å². The first-order valence-electron chi connectivity index (χ1n) is 8.34. The topological polar surface area (TPSA) is 47.6 Å². The van der Waals surface area contributed by atoms with Gasteiger partial charge in [0.2, 0.25) is 5.91 Å². The average molecular weight is 360 g/mol. The molecule has 0 aliphatic heterocycles. The van der Waals surface area contributed by atoms with Crippen LogP contribution in [0.15, 0.2) is 42.5 Å². The van der Waals surface area contributed by atoms with Crippen molar-refractivity contribution in [2.75, 3.05) is 14.2 Å². The Balaban J connectivity index is 1.72. The summed E-state index contributed by atoms with van der Waals surface area (Å²) in [5, 5.41) is 3.76. The number of hydrogen-bond acceptors (Lipinski definition) is 3. The number of carbonyl (C=O) groups is 1. The van der Waals surface area contributed by atoms with E-state index < -0.39 is 5.41 Å². The zero-order valence-electron chi connectivity index (χ0n) is 14.5. The van der Waals surface area contributed by atoms with Crippen molar-refractivity contribution in [3.8, 4) is 11.5 Å². The first kappa shape index (κ1) is 17.6. The molecule has 0 saturated heterocycles. The van der Waals surface area contributed by atoms with Gasteiger partial charge in [-0.3, -0.25) is 4.79 Å². The van der Waals surface area contributed by atoms with Crippen molar-refractivity contribution in [3.63, 3.8) is 0 Å². The SMILES string of the molecule is COc1ccc(CNC(=O)C2(c3ccc(Cl)cc3)CCC2)cc1OC. The van der Waals surface area contributed by atoms with Gasteiger partial charge in [0.15, 0.2) is 11.5 Å². The molecule has 0 aromatic heterocycles. The predicted molar refractivity (Wildman–Crippen MR) is 98.4 cm³/mol. The maximum atomic E-state index is 12.9. The summed E-state index contributed by atoms with van der Waals surface area (Å²) >= 11 is 5.97. The molecule has 0 radical (unpaired) electrons. The molecule has 1 aliphatic rings. The van der Waals surface area contributed by atoms with Crippen LogP contribution in [0.2, 0.25) is 5.02 Å². The van der Waals surface area contributed by atoms with E-state index in [1.165, 1.54) is 0 Å². The Kier molecular flexibility index (Phi) is 5.19. The standard InChI is InChI=1S/C20H22ClNO3/c1-24-17-9-4-14(12-18(17)25-2)13-22-19(23)20(10-3-11-20)15-5-7-16(21)8-6-15/h4-9,12H,3,10-11,13H2,1-2H3,(H,22,23). The maximum Gasteiger partial charge on any atom is 0.230 e. The molecule has 5 heteroatoms. The minimum atomic E-state index is -0.429. The summed E-state index contributed by atoms with van der Waals surface area (Å²) in [6, 6.07) is 13.3. The van der Waals surface area contributed by atoms with Crippen LogP contribution in [-0.4, -0.2) is 20.1 Å². The molecule has 2 aromatic rings. The number of nitrogens with one attached hydrogen (secondary N) is 1. The van der Waals surface area contributed by atoms with Crippen molar-refractivity contribution in [2.45, 2.75) is 31.2 Å². The Morgan fingerprint density at radius 2 is 1.76 bits per heavy atom. The molecule has 0 unspecified atom stereocenters.